The first-order chi connectivity index (χ1) is 12.4. The number of aliphatic imine (C=N–C) groups is 1. The van der Waals surface area contributed by atoms with Crippen molar-refractivity contribution in [2.24, 2.45) is 4.99 Å². The first-order valence-electron chi connectivity index (χ1n) is 8.77. The Labute approximate surface area is 179 Å². The van der Waals surface area contributed by atoms with Crippen molar-refractivity contribution in [3.05, 3.63) is 29.8 Å². The van der Waals surface area contributed by atoms with Crippen LogP contribution in [0.25, 0.3) is 0 Å². The number of para-hydroxylation sites is 1. The molecule has 4 nitrogen and oxygen atoms in total. The van der Waals surface area contributed by atoms with Gasteiger partial charge in [0.15, 0.2) is 5.96 Å². The highest BCUT2D eigenvalue weighted by Crippen LogP contribution is 2.45. The van der Waals surface area contributed by atoms with Crippen LogP contribution in [0.3, 0.4) is 0 Å². The molecule has 2 aliphatic rings. The molecule has 0 radical (unpaired) electrons. The molecule has 0 bridgehead atoms. The molecule has 4 unspecified atom stereocenters. The number of nitrogens with zero attached hydrogens (tertiary/aromatic N) is 1. The van der Waals surface area contributed by atoms with Crippen LogP contribution in [0.4, 0.5) is 13.2 Å². The fraction of sp³-hybridized carbons (Fsp3) is 0.611. The van der Waals surface area contributed by atoms with Crippen molar-refractivity contribution < 1.29 is 17.9 Å². The zero-order chi connectivity index (χ0) is 18.7. The van der Waals surface area contributed by atoms with E-state index in [-0.39, 0.29) is 41.7 Å². The van der Waals surface area contributed by atoms with Crippen LogP contribution in [0.5, 0.6) is 5.75 Å². The molecule has 0 aromatic heterocycles. The minimum Gasteiger partial charge on any atom is -0.405 e. The van der Waals surface area contributed by atoms with Crippen LogP contribution in [-0.2, 0) is 0 Å². The molecule has 2 aliphatic carbocycles. The predicted molar refractivity (Wildman–Crippen MR) is 114 cm³/mol. The van der Waals surface area contributed by atoms with Gasteiger partial charge in [-0.3, -0.25) is 4.99 Å². The van der Waals surface area contributed by atoms with Gasteiger partial charge in [-0.05, 0) is 43.6 Å². The molecule has 27 heavy (non-hydrogen) atoms. The highest BCUT2D eigenvalue weighted by atomic mass is 127. The first kappa shape index (κ1) is 22.4. The Morgan fingerprint density at radius 1 is 1.19 bits per heavy atom. The van der Waals surface area contributed by atoms with Gasteiger partial charge < -0.3 is 15.4 Å². The molecule has 3 rings (SSSR count). The third kappa shape index (κ3) is 6.33. The number of rotatable bonds is 5. The molecule has 2 fully saturated rings. The average molecular weight is 515 g/mol. The van der Waals surface area contributed by atoms with Gasteiger partial charge in [0.25, 0.3) is 0 Å². The van der Waals surface area contributed by atoms with E-state index >= 15 is 0 Å². The number of hydrogen-bond donors (Lipinski definition) is 2. The summed E-state index contributed by atoms with van der Waals surface area (Å²) in [5, 5.41) is 7.46. The smallest absolute Gasteiger partial charge is 0.405 e. The molecule has 0 saturated heterocycles. The molecular formula is C18H25F3IN3OS. The van der Waals surface area contributed by atoms with E-state index in [1.807, 2.05) is 11.8 Å². The molecule has 0 amide bonds. The van der Waals surface area contributed by atoms with E-state index in [2.05, 4.69) is 26.6 Å². The van der Waals surface area contributed by atoms with Crippen LogP contribution in [0.2, 0.25) is 0 Å². The summed E-state index contributed by atoms with van der Waals surface area (Å²) in [7, 11) is 1.72. The SMILES string of the molecule is CN=C(NC1CCC(SC)C1)NC1CC1c1ccccc1OC(F)(F)F.I. The lowest BCUT2D eigenvalue weighted by atomic mass is 10.1. The number of alkyl halides is 3. The maximum Gasteiger partial charge on any atom is 0.573 e. The first-order valence-corrected chi connectivity index (χ1v) is 10.1. The van der Waals surface area contributed by atoms with Crippen molar-refractivity contribution in [1.82, 2.24) is 10.6 Å². The van der Waals surface area contributed by atoms with Gasteiger partial charge in [-0.25, -0.2) is 0 Å². The van der Waals surface area contributed by atoms with Gasteiger partial charge in [-0.1, -0.05) is 18.2 Å². The second-order valence-electron chi connectivity index (χ2n) is 6.76. The Morgan fingerprint density at radius 3 is 2.56 bits per heavy atom. The van der Waals surface area contributed by atoms with Crippen LogP contribution in [-0.4, -0.2) is 43.0 Å². The lowest BCUT2D eigenvalue weighted by molar-refractivity contribution is -0.274. The molecule has 0 heterocycles. The standard InChI is InChI=1S/C18H24F3N3OS.HI/c1-22-17(23-11-7-8-12(9-11)26-2)24-15-10-14(15)13-5-3-4-6-16(13)25-18(19,20)21;/h3-6,11-12,14-15H,7-10H2,1-2H3,(H2,22,23,24);1H. The molecule has 152 valence electrons. The van der Waals surface area contributed by atoms with Crippen LogP contribution < -0.4 is 15.4 Å². The Balaban J connectivity index is 0.00000261. The maximum atomic E-state index is 12.6. The zero-order valence-corrected chi connectivity index (χ0v) is 18.4. The van der Waals surface area contributed by atoms with E-state index in [0.29, 0.717) is 16.9 Å². The van der Waals surface area contributed by atoms with Crippen molar-refractivity contribution in [2.75, 3.05) is 13.3 Å². The monoisotopic (exact) mass is 515 g/mol. The van der Waals surface area contributed by atoms with E-state index in [9.17, 15) is 13.2 Å². The molecule has 0 aliphatic heterocycles. The quantitative estimate of drug-likeness (QED) is 0.344. The third-order valence-electron chi connectivity index (χ3n) is 4.94. The fourth-order valence-electron chi connectivity index (χ4n) is 3.53. The number of hydrogen-bond acceptors (Lipinski definition) is 3. The summed E-state index contributed by atoms with van der Waals surface area (Å²) in [5.74, 6) is 0.601. The van der Waals surface area contributed by atoms with Gasteiger partial charge in [0, 0.05) is 30.3 Å². The second-order valence-corrected chi connectivity index (χ2v) is 7.90. The Hall–Kier alpha value is -0.840. The average Bonchev–Trinajstić information content (AvgIpc) is 3.19. The summed E-state index contributed by atoms with van der Waals surface area (Å²) in [4.78, 5) is 4.27. The summed E-state index contributed by atoms with van der Waals surface area (Å²) < 4.78 is 41.9. The molecule has 2 N–H and O–H groups in total. The largest absolute Gasteiger partial charge is 0.573 e. The maximum absolute atomic E-state index is 12.6. The Kier molecular flexibility index (Phi) is 7.96. The zero-order valence-electron chi connectivity index (χ0n) is 15.3. The number of thioether (sulfide) groups is 1. The van der Waals surface area contributed by atoms with Crippen molar-refractivity contribution in [3.8, 4) is 5.75 Å². The third-order valence-corrected chi connectivity index (χ3v) is 6.03. The van der Waals surface area contributed by atoms with Crippen LogP contribution in [0, 0.1) is 0 Å². The van der Waals surface area contributed by atoms with Crippen molar-refractivity contribution in [3.63, 3.8) is 0 Å². The fourth-order valence-corrected chi connectivity index (χ4v) is 4.32. The van der Waals surface area contributed by atoms with Gasteiger partial charge in [0.1, 0.15) is 5.75 Å². The van der Waals surface area contributed by atoms with Gasteiger partial charge in [0.2, 0.25) is 0 Å². The van der Waals surface area contributed by atoms with Gasteiger partial charge in [-0.2, -0.15) is 11.8 Å². The van der Waals surface area contributed by atoms with Crippen molar-refractivity contribution in [1.29, 1.82) is 0 Å². The lowest BCUT2D eigenvalue weighted by Gasteiger charge is -2.18. The van der Waals surface area contributed by atoms with E-state index in [1.165, 1.54) is 12.5 Å². The van der Waals surface area contributed by atoms with E-state index in [0.717, 1.165) is 25.2 Å². The van der Waals surface area contributed by atoms with E-state index < -0.39 is 6.36 Å². The lowest BCUT2D eigenvalue weighted by Crippen LogP contribution is -2.43. The summed E-state index contributed by atoms with van der Waals surface area (Å²) in [6.07, 6.45) is 1.64. The summed E-state index contributed by atoms with van der Waals surface area (Å²) >= 11 is 1.89. The summed E-state index contributed by atoms with van der Waals surface area (Å²) in [6.45, 7) is 0. The highest BCUT2D eigenvalue weighted by Gasteiger charge is 2.42. The van der Waals surface area contributed by atoms with Gasteiger partial charge >= 0.3 is 6.36 Å². The number of benzene rings is 1. The number of ether oxygens (including phenoxy) is 1. The van der Waals surface area contributed by atoms with Gasteiger partial charge in [-0.15, -0.1) is 37.1 Å². The van der Waals surface area contributed by atoms with Crippen molar-refractivity contribution >= 4 is 41.7 Å². The number of halogens is 4. The molecule has 9 heteroatoms. The molecule has 4 atom stereocenters. The molecule has 2 saturated carbocycles. The Bertz CT molecular complexity index is 659. The minimum absolute atomic E-state index is 0. The molecule has 0 spiro atoms. The molecular weight excluding hydrogens is 490 g/mol. The predicted octanol–water partition coefficient (Wildman–Crippen LogP) is 4.51. The number of nitrogens with one attached hydrogen (secondary N) is 2. The van der Waals surface area contributed by atoms with E-state index in [1.54, 1.807) is 25.2 Å². The second kappa shape index (κ2) is 9.58. The van der Waals surface area contributed by atoms with E-state index in [4.69, 9.17) is 0 Å². The van der Waals surface area contributed by atoms with Crippen LogP contribution >= 0.6 is 35.7 Å². The molecule has 1 aromatic carbocycles. The normalized spacial score (nSPS) is 27.7. The number of guanidine groups is 1. The topological polar surface area (TPSA) is 45.7 Å². The summed E-state index contributed by atoms with van der Waals surface area (Å²) in [5.41, 5.74) is 0.584. The van der Waals surface area contributed by atoms with Crippen LogP contribution in [0.1, 0.15) is 37.2 Å². The summed E-state index contributed by atoms with van der Waals surface area (Å²) in [6, 6.07) is 6.82. The van der Waals surface area contributed by atoms with Crippen molar-refractivity contribution in [2.45, 2.75) is 55.3 Å². The van der Waals surface area contributed by atoms with Crippen LogP contribution in [0.15, 0.2) is 29.3 Å². The minimum atomic E-state index is -4.68. The molecule has 1 aromatic rings. The highest BCUT2D eigenvalue weighted by molar-refractivity contribution is 14.0. The Morgan fingerprint density at radius 2 is 1.93 bits per heavy atom. The van der Waals surface area contributed by atoms with Gasteiger partial charge in [0.05, 0.1) is 0 Å².